The number of para-hydroxylation sites is 2. The third-order valence-corrected chi connectivity index (χ3v) is 19.7. The minimum absolute atomic E-state index is 0.736. The summed E-state index contributed by atoms with van der Waals surface area (Å²) in [7, 11) is 0. The molecule has 0 heterocycles. The van der Waals surface area contributed by atoms with E-state index in [-0.39, 0.29) is 0 Å². The first-order valence-corrected chi connectivity index (χ1v) is 31.3. The molecule has 0 fully saturated rings. The first kappa shape index (κ1) is 51.6. The topological polar surface area (TPSA) is 6.48 Å². The lowest BCUT2D eigenvalue weighted by Crippen LogP contribution is -2.29. The maximum atomic E-state index is 2.58. The van der Waals surface area contributed by atoms with Crippen molar-refractivity contribution in [2.24, 2.45) is 0 Å². The van der Waals surface area contributed by atoms with Gasteiger partial charge < -0.3 is 9.80 Å². The number of hydrogen-bond donors (Lipinski definition) is 0. The Morgan fingerprint density at radius 2 is 0.444 bits per heavy atom. The molecule has 0 saturated heterocycles. The van der Waals surface area contributed by atoms with Crippen LogP contribution in [-0.2, 0) is 10.8 Å². The molecule has 0 atom stereocenters. The van der Waals surface area contributed by atoms with Crippen molar-refractivity contribution in [3.63, 3.8) is 0 Å². The zero-order valence-corrected chi connectivity index (χ0v) is 49.4. The summed E-state index contributed by atoms with van der Waals surface area (Å²) in [6, 6.07) is 132. The van der Waals surface area contributed by atoms with Gasteiger partial charge in [-0.3, -0.25) is 0 Å². The molecule has 2 nitrogen and oxygen atoms in total. The summed E-state index contributed by atoms with van der Waals surface area (Å²) >= 11 is 0. The Hall–Kier alpha value is -11.6. The van der Waals surface area contributed by atoms with Gasteiger partial charge in [-0.1, -0.05) is 291 Å². The fourth-order valence-corrected chi connectivity index (χ4v) is 16.1. The molecule has 0 unspecified atom stereocenters. The summed E-state index contributed by atoms with van der Waals surface area (Å²) in [6.07, 6.45) is 0. The molecule has 0 aliphatic heterocycles. The van der Waals surface area contributed by atoms with Gasteiger partial charge in [-0.25, -0.2) is 0 Å². The molecule has 14 aromatic carbocycles. The maximum absolute atomic E-state index is 2.58. The van der Waals surface area contributed by atoms with Crippen LogP contribution >= 0.6 is 0 Å². The van der Waals surface area contributed by atoms with Crippen molar-refractivity contribution in [3.05, 3.63) is 396 Å². The lowest BCUT2D eigenvalue weighted by atomic mass is 9.66. The van der Waals surface area contributed by atoms with Crippen molar-refractivity contribution in [1.29, 1.82) is 0 Å². The fourth-order valence-electron chi connectivity index (χ4n) is 16.1. The highest BCUT2D eigenvalue weighted by molar-refractivity contribution is 6.20. The molecule has 90 heavy (non-hydrogen) atoms. The number of rotatable bonds is 10. The predicted molar refractivity (Wildman–Crippen MR) is 374 cm³/mol. The average Bonchev–Trinajstić information content (AvgIpc) is 1.47. The summed E-state index contributed by atoms with van der Waals surface area (Å²) in [5.74, 6) is 0. The molecule has 18 rings (SSSR count). The number of benzene rings is 14. The van der Waals surface area contributed by atoms with Crippen LogP contribution in [0.5, 0.6) is 0 Å². The van der Waals surface area contributed by atoms with E-state index in [2.05, 4.69) is 362 Å². The van der Waals surface area contributed by atoms with E-state index in [0.717, 1.165) is 67.5 Å². The quantitative estimate of drug-likeness (QED) is 0.135. The van der Waals surface area contributed by atoms with Crippen molar-refractivity contribution in [3.8, 4) is 66.8 Å². The van der Waals surface area contributed by atoms with Gasteiger partial charge in [0.2, 0.25) is 0 Å². The van der Waals surface area contributed by atoms with E-state index < -0.39 is 10.8 Å². The third kappa shape index (κ3) is 7.52. The monoisotopic (exact) mass is 1140 g/mol. The smallest absolute Gasteiger partial charge is 0.0729 e. The van der Waals surface area contributed by atoms with E-state index in [1.807, 2.05) is 0 Å². The largest absolute Gasteiger partial charge is 0.310 e. The lowest BCUT2D eigenvalue weighted by molar-refractivity contribution is 0.826. The van der Waals surface area contributed by atoms with Gasteiger partial charge in [0.1, 0.15) is 0 Å². The van der Waals surface area contributed by atoms with E-state index in [1.54, 1.807) is 0 Å². The Bertz CT molecular complexity index is 4780. The number of allylic oxidation sites excluding steroid dienone is 2. The molecule has 0 amide bonds. The van der Waals surface area contributed by atoms with E-state index in [9.17, 15) is 0 Å². The summed E-state index contributed by atoms with van der Waals surface area (Å²) in [4.78, 5) is 5.04. The average molecular weight is 1140 g/mol. The van der Waals surface area contributed by atoms with Gasteiger partial charge in [0.25, 0.3) is 0 Å². The standard InChI is InChI=1S/C88H58N2/c1-5-27-59(28-6-1)63-35-25-37-65(55-63)89(83-49-23-17-39-69(83)61-31-9-3-10-32-61)67-51-53-75-81(57-67)87(77-45-19-13-41-71(77)72-42-14-20-46-78(72)87)86-76-54-52-68(58-82(76)88(85(75)86)79-47-21-15-43-73(79)74-44-16-22-48-80(74)88)90(66-38-26-36-64(56-66)60-29-7-2-8-30-60)84-50-24-18-40-70(84)62-33-11-4-12-34-62/h1-58H. The van der Waals surface area contributed by atoms with E-state index in [0.29, 0.717) is 0 Å². The van der Waals surface area contributed by atoms with E-state index >= 15 is 0 Å². The van der Waals surface area contributed by atoms with Crippen LogP contribution in [0.3, 0.4) is 0 Å². The first-order chi connectivity index (χ1) is 44.7. The SMILES string of the molecule is c1ccc(-c2cccc(N(c3ccc4c(c3)C3(C5=C4C4(c6cc(N(c7cccc(-c8ccccc8)c7)c7ccccc7-c7ccccc7)ccc65)c5ccccc5-c5ccccc54)c4ccccc4-c4ccccc43)c3ccccc3-c3ccccc3)c2)cc1. The number of nitrogens with zero attached hydrogens (tertiary/aromatic N) is 2. The zero-order valence-electron chi connectivity index (χ0n) is 49.4. The van der Waals surface area contributed by atoms with Crippen molar-refractivity contribution < 1.29 is 0 Å². The summed E-state index contributed by atoms with van der Waals surface area (Å²) < 4.78 is 0. The van der Waals surface area contributed by atoms with Crippen LogP contribution in [0.4, 0.5) is 34.1 Å². The number of fused-ring (bicyclic) bond motifs is 18. The van der Waals surface area contributed by atoms with Crippen LogP contribution in [0.2, 0.25) is 0 Å². The van der Waals surface area contributed by atoms with Crippen LogP contribution in [0.15, 0.2) is 352 Å². The van der Waals surface area contributed by atoms with Crippen LogP contribution in [0.25, 0.3) is 77.9 Å². The van der Waals surface area contributed by atoms with Gasteiger partial charge in [0, 0.05) is 33.9 Å². The Kier molecular flexibility index (Phi) is 11.8. The molecular formula is C88H58N2. The van der Waals surface area contributed by atoms with Crippen LogP contribution < -0.4 is 9.80 Å². The predicted octanol–water partition coefficient (Wildman–Crippen LogP) is 22.9. The molecule has 420 valence electrons. The van der Waals surface area contributed by atoms with Crippen LogP contribution in [0.1, 0.15) is 44.5 Å². The fraction of sp³-hybridized carbons (Fsp3) is 0.0227. The molecule has 4 aliphatic rings. The Morgan fingerprint density at radius 3 is 0.800 bits per heavy atom. The van der Waals surface area contributed by atoms with Gasteiger partial charge >= 0.3 is 0 Å². The molecule has 4 aliphatic carbocycles. The molecule has 0 saturated carbocycles. The Balaban J connectivity index is 0.938. The second kappa shape index (κ2) is 20.5. The Morgan fingerprint density at radius 1 is 0.167 bits per heavy atom. The maximum Gasteiger partial charge on any atom is 0.0729 e. The highest BCUT2D eigenvalue weighted by Gasteiger charge is 2.63. The van der Waals surface area contributed by atoms with Gasteiger partial charge in [-0.2, -0.15) is 0 Å². The van der Waals surface area contributed by atoms with E-state index in [1.165, 1.54) is 89.0 Å². The summed E-state index contributed by atoms with van der Waals surface area (Å²) in [6.45, 7) is 0. The zero-order chi connectivity index (χ0) is 59.3. The van der Waals surface area contributed by atoms with Gasteiger partial charge in [0.15, 0.2) is 0 Å². The van der Waals surface area contributed by atoms with Crippen molar-refractivity contribution in [2.45, 2.75) is 10.8 Å². The second-order valence-corrected chi connectivity index (χ2v) is 24.2. The second-order valence-electron chi connectivity index (χ2n) is 24.2. The van der Waals surface area contributed by atoms with E-state index in [4.69, 9.17) is 0 Å². The van der Waals surface area contributed by atoms with Crippen molar-refractivity contribution in [1.82, 2.24) is 0 Å². The number of anilines is 6. The summed E-state index contributed by atoms with van der Waals surface area (Å²) in [5, 5.41) is 0. The lowest BCUT2D eigenvalue weighted by Gasteiger charge is -2.37. The van der Waals surface area contributed by atoms with Crippen LogP contribution in [-0.4, -0.2) is 0 Å². The molecule has 0 radical (unpaired) electrons. The van der Waals surface area contributed by atoms with Crippen LogP contribution in [0, 0.1) is 0 Å². The molecule has 0 N–H and O–H groups in total. The normalized spacial score (nSPS) is 13.7. The molecule has 14 aromatic rings. The highest BCUT2D eigenvalue weighted by Crippen LogP contribution is 2.75. The highest BCUT2D eigenvalue weighted by atomic mass is 15.2. The Labute approximate surface area is 525 Å². The molecule has 2 spiro atoms. The third-order valence-electron chi connectivity index (χ3n) is 19.7. The minimum Gasteiger partial charge on any atom is -0.310 e. The molecule has 2 heteroatoms. The summed E-state index contributed by atoms with van der Waals surface area (Å²) in [5.41, 5.74) is 32.5. The molecule has 0 aromatic heterocycles. The minimum atomic E-state index is -0.736. The van der Waals surface area contributed by atoms with Gasteiger partial charge in [-0.15, -0.1) is 0 Å². The van der Waals surface area contributed by atoms with Gasteiger partial charge in [-0.05, 0) is 172 Å². The van der Waals surface area contributed by atoms with Crippen molar-refractivity contribution >= 4 is 45.3 Å². The number of hydrogen-bond acceptors (Lipinski definition) is 2. The van der Waals surface area contributed by atoms with Crippen molar-refractivity contribution in [2.75, 3.05) is 9.80 Å². The molecular weight excluding hydrogens is 1080 g/mol. The molecule has 0 bridgehead atoms. The first-order valence-electron chi connectivity index (χ1n) is 31.3. The van der Waals surface area contributed by atoms with Gasteiger partial charge in [0.05, 0.1) is 22.2 Å².